The number of halogens is 1. The number of nitrogens with one attached hydrogen (secondary N) is 1. The lowest BCUT2D eigenvalue weighted by Gasteiger charge is -2.18. The Morgan fingerprint density at radius 3 is 2.50 bits per heavy atom. The molecule has 0 spiro atoms. The normalized spacial score (nSPS) is 15.3. The van der Waals surface area contributed by atoms with Crippen LogP contribution in [0.5, 0.6) is 11.5 Å². The first-order valence-electron chi connectivity index (χ1n) is 8.65. The van der Waals surface area contributed by atoms with Crippen molar-refractivity contribution in [3.8, 4) is 11.5 Å². The summed E-state index contributed by atoms with van der Waals surface area (Å²) in [5.74, 6) is 1.01. The van der Waals surface area contributed by atoms with Crippen LogP contribution >= 0.6 is 11.6 Å². The highest BCUT2D eigenvalue weighted by molar-refractivity contribution is 7.93. The van der Waals surface area contributed by atoms with Gasteiger partial charge in [-0.2, -0.15) is 0 Å². The number of anilines is 2. The molecule has 1 aliphatic rings. The molecule has 1 saturated heterocycles. The lowest BCUT2D eigenvalue weighted by atomic mass is 10.1. The predicted octanol–water partition coefficient (Wildman–Crippen LogP) is 3.08. The molecule has 28 heavy (non-hydrogen) atoms. The van der Waals surface area contributed by atoms with Crippen molar-refractivity contribution in [1.82, 2.24) is 0 Å². The standard InChI is InChI=1S/C19H21ClN2O5S/c1-26-17-7-4-13(10-18(17)27-2)11-19(23)21-16-6-5-14(12-15(16)20)22-8-3-9-28(22,24)25/h4-7,10,12H,3,8-9,11H2,1-2H3,(H,21,23). The molecule has 0 saturated carbocycles. The van der Waals surface area contributed by atoms with E-state index >= 15 is 0 Å². The van der Waals surface area contributed by atoms with Crippen LogP contribution in [0.1, 0.15) is 12.0 Å². The van der Waals surface area contributed by atoms with Crippen LogP contribution in [0.25, 0.3) is 0 Å². The smallest absolute Gasteiger partial charge is 0.235 e. The number of benzene rings is 2. The van der Waals surface area contributed by atoms with E-state index in [9.17, 15) is 13.2 Å². The zero-order chi connectivity index (χ0) is 20.3. The fourth-order valence-corrected chi connectivity index (χ4v) is 4.84. The van der Waals surface area contributed by atoms with E-state index in [0.29, 0.717) is 35.8 Å². The maximum Gasteiger partial charge on any atom is 0.235 e. The summed E-state index contributed by atoms with van der Waals surface area (Å²) in [5.41, 5.74) is 1.68. The molecule has 0 unspecified atom stereocenters. The van der Waals surface area contributed by atoms with Gasteiger partial charge >= 0.3 is 0 Å². The van der Waals surface area contributed by atoms with Crippen molar-refractivity contribution < 1.29 is 22.7 Å². The van der Waals surface area contributed by atoms with Crippen molar-refractivity contribution in [3.63, 3.8) is 0 Å². The molecule has 0 atom stereocenters. The summed E-state index contributed by atoms with van der Waals surface area (Å²) >= 11 is 6.26. The van der Waals surface area contributed by atoms with Crippen molar-refractivity contribution >= 4 is 38.9 Å². The summed E-state index contributed by atoms with van der Waals surface area (Å²) in [7, 11) is -0.204. The maximum atomic E-state index is 12.4. The molecule has 150 valence electrons. The summed E-state index contributed by atoms with van der Waals surface area (Å²) in [6.45, 7) is 0.434. The molecular formula is C19H21ClN2O5S. The van der Waals surface area contributed by atoms with Crippen molar-refractivity contribution in [2.45, 2.75) is 12.8 Å². The van der Waals surface area contributed by atoms with E-state index in [1.165, 1.54) is 11.4 Å². The first-order chi connectivity index (χ1) is 13.3. The number of carbonyl (C=O) groups is 1. The number of sulfonamides is 1. The number of hydrogen-bond donors (Lipinski definition) is 1. The van der Waals surface area contributed by atoms with Gasteiger partial charge in [-0.05, 0) is 42.3 Å². The second kappa shape index (κ2) is 8.28. The highest BCUT2D eigenvalue weighted by Crippen LogP contribution is 2.31. The molecule has 3 rings (SSSR count). The van der Waals surface area contributed by atoms with Gasteiger partial charge in [0.1, 0.15) is 0 Å². The molecule has 1 fully saturated rings. The van der Waals surface area contributed by atoms with Crippen LogP contribution < -0.4 is 19.1 Å². The lowest BCUT2D eigenvalue weighted by molar-refractivity contribution is -0.115. The van der Waals surface area contributed by atoms with Crippen LogP contribution in [0.4, 0.5) is 11.4 Å². The van der Waals surface area contributed by atoms with E-state index in [4.69, 9.17) is 21.1 Å². The van der Waals surface area contributed by atoms with Gasteiger partial charge in [0.05, 0.1) is 42.8 Å². The van der Waals surface area contributed by atoms with Gasteiger partial charge in [0.25, 0.3) is 0 Å². The van der Waals surface area contributed by atoms with Gasteiger partial charge in [0.2, 0.25) is 15.9 Å². The van der Waals surface area contributed by atoms with Crippen molar-refractivity contribution in [3.05, 3.63) is 47.0 Å². The minimum absolute atomic E-state index is 0.124. The Morgan fingerprint density at radius 1 is 1.14 bits per heavy atom. The number of ether oxygens (including phenoxy) is 2. The van der Waals surface area contributed by atoms with Gasteiger partial charge in [-0.25, -0.2) is 8.42 Å². The summed E-state index contributed by atoms with van der Waals surface area (Å²) in [4.78, 5) is 12.4. The quantitative estimate of drug-likeness (QED) is 0.770. The van der Waals surface area contributed by atoms with Crippen molar-refractivity contribution in [1.29, 1.82) is 0 Å². The van der Waals surface area contributed by atoms with Gasteiger partial charge in [0.15, 0.2) is 11.5 Å². The van der Waals surface area contributed by atoms with E-state index in [1.54, 1.807) is 43.5 Å². The fourth-order valence-electron chi connectivity index (χ4n) is 3.06. The fraction of sp³-hybridized carbons (Fsp3) is 0.316. The summed E-state index contributed by atoms with van der Waals surface area (Å²) < 4.78 is 35.8. The average molecular weight is 425 g/mol. The molecule has 0 aromatic heterocycles. The molecular weight excluding hydrogens is 404 g/mol. The minimum Gasteiger partial charge on any atom is -0.493 e. The van der Waals surface area contributed by atoms with E-state index < -0.39 is 10.0 Å². The number of methoxy groups -OCH3 is 2. The number of nitrogens with zero attached hydrogens (tertiary/aromatic N) is 1. The summed E-state index contributed by atoms with van der Waals surface area (Å²) in [5, 5.41) is 3.03. The Kier molecular flexibility index (Phi) is 6.00. The number of rotatable bonds is 6. The average Bonchev–Trinajstić information content (AvgIpc) is 3.02. The topological polar surface area (TPSA) is 84.9 Å². The van der Waals surface area contributed by atoms with Crippen LogP contribution in [-0.2, 0) is 21.2 Å². The van der Waals surface area contributed by atoms with Crippen LogP contribution in [0.3, 0.4) is 0 Å². The van der Waals surface area contributed by atoms with Crippen LogP contribution in [-0.4, -0.2) is 40.8 Å². The second-order valence-corrected chi connectivity index (χ2v) is 8.74. The van der Waals surface area contributed by atoms with Crippen molar-refractivity contribution in [2.75, 3.05) is 36.1 Å². The number of carbonyl (C=O) groups excluding carboxylic acids is 1. The first kappa shape index (κ1) is 20.3. The molecule has 2 aromatic carbocycles. The van der Waals surface area contributed by atoms with Gasteiger partial charge < -0.3 is 14.8 Å². The molecule has 1 heterocycles. The molecule has 7 nitrogen and oxygen atoms in total. The van der Waals surface area contributed by atoms with E-state index in [2.05, 4.69) is 5.32 Å². The molecule has 1 aliphatic heterocycles. The third-order valence-electron chi connectivity index (χ3n) is 4.43. The summed E-state index contributed by atoms with van der Waals surface area (Å²) in [6.07, 6.45) is 0.711. The van der Waals surface area contributed by atoms with E-state index in [1.807, 2.05) is 0 Å². The predicted molar refractivity (Wildman–Crippen MR) is 109 cm³/mol. The Balaban J connectivity index is 1.71. The zero-order valence-electron chi connectivity index (χ0n) is 15.6. The Bertz CT molecular complexity index is 994. The van der Waals surface area contributed by atoms with Gasteiger partial charge in [-0.1, -0.05) is 17.7 Å². The maximum absolute atomic E-state index is 12.4. The Labute approximate surface area is 169 Å². The number of amides is 1. The molecule has 9 heteroatoms. The van der Waals surface area contributed by atoms with Gasteiger partial charge in [-0.3, -0.25) is 9.10 Å². The van der Waals surface area contributed by atoms with Crippen molar-refractivity contribution in [2.24, 2.45) is 0 Å². The first-order valence-corrected chi connectivity index (χ1v) is 10.6. The monoisotopic (exact) mass is 424 g/mol. The van der Waals surface area contributed by atoms with E-state index in [-0.39, 0.29) is 23.1 Å². The zero-order valence-corrected chi connectivity index (χ0v) is 17.1. The molecule has 1 amide bonds. The lowest BCUT2D eigenvalue weighted by Crippen LogP contribution is -2.25. The Morgan fingerprint density at radius 2 is 1.89 bits per heavy atom. The van der Waals surface area contributed by atoms with Crippen LogP contribution in [0.15, 0.2) is 36.4 Å². The molecule has 1 N–H and O–H groups in total. The Hall–Kier alpha value is -2.45. The van der Waals surface area contributed by atoms with Crippen LogP contribution in [0.2, 0.25) is 5.02 Å². The molecule has 0 radical (unpaired) electrons. The molecule has 2 aromatic rings. The highest BCUT2D eigenvalue weighted by Gasteiger charge is 2.28. The van der Waals surface area contributed by atoms with Gasteiger partial charge in [0, 0.05) is 6.54 Å². The molecule has 0 bridgehead atoms. The second-order valence-electron chi connectivity index (χ2n) is 6.32. The van der Waals surface area contributed by atoms with Crippen LogP contribution in [0, 0.1) is 0 Å². The SMILES string of the molecule is COc1ccc(CC(=O)Nc2ccc(N3CCCS3(=O)=O)cc2Cl)cc1OC. The minimum atomic E-state index is -3.28. The largest absolute Gasteiger partial charge is 0.493 e. The van der Waals surface area contributed by atoms with Gasteiger partial charge in [-0.15, -0.1) is 0 Å². The number of hydrogen-bond acceptors (Lipinski definition) is 5. The summed E-state index contributed by atoms with van der Waals surface area (Å²) in [6, 6.07) is 10.1. The third kappa shape index (κ3) is 4.34. The highest BCUT2D eigenvalue weighted by atomic mass is 35.5. The third-order valence-corrected chi connectivity index (χ3v) is 6.61. The molecule has 0 aliphatic carbocycles. The van der Waals surface area contributed by atoms with E-state index in [0.717, 1.165) is 5.56 Å².